The van der Waals surface area contributed by atoms with E-state index < -0.39 is 5.41 Å². The third-order valence-corrected chi connectivity index (χ3v) is 5.78. The van der Waals surface area contributed by atoms with E-state index in [4.69, 9.17) is 9.15 Å². The molecule has 0 saturated heterocycles. The van der Waals surface area contributed by atoms with Gasteiger partial charge in [0.15, 0.2) is 12.4 Å². The van der Waals surface area contributed by atoms with Gasteiger partial charge in [-0.15, -0.1) is 0 Å². The van der Waals surface area contributed by atoms with E-state index in [0.29, 0.717) is 41.3 Å². The topological polar surface area (TPSA) is 59.8 Å². The standard InChI is InChI=1S/C24H25NO4/c1-5-25(6-2)20(26)14-28-15-11-12-16-18(13-15)24(3,4)23-21(22(16)27)17-9-7-8-10-19(17)29-23/h7-13H,5-6,14H2,1-4H3. The van der Waals surface area contributed by atoms with Crippen LogP contribution in [0.15, 0.2) is 46.9 Å². The summed E-state index contributed by atoms with van der Waals surface area (Å²) in [6.07, 6.45) is 0. The van der Waals surface area contributed by atoms with Crippen LogP contribution < -0.4 is 4.74 Å². The molecule has 1 amide bonds. The summed E-state index contributed by atoms with van der Waals surface area (Å²) < 4.78 is 11.9. The lowest BCUT2D eigenvalue weighted by molar-refractivity contribution is -0.132. The number of hydrogen-bond donors (Lipinski definition) is 0. The van der Waals surface area contributed by atoms with Gasteiger partial charge in [-0.2, -0.15) is 0 Å². The molecule has 4 rings (SSSR count). The van der Waals surface area contributed by atoms with E-state index in [-0.39, 0.29) is 18.3 Å². The number of para-hydroxylation sites is 1. The fourth-order valence-corrected chi connectivity index (χ4v) is 4.11. The maximum absolute atomic E-state index is 13.3. The van der Waals surface area contributed by atoms with E-state index in [1.165, 1.54) is 0 Å². The lowest BCUT2D eigenvalue weighted by atomic mass is 9.72. The highest BCUT2D eigenvalue weighted by molar-refractivity contribution is 6.19. The average molecular weight is 391 g/mol. The Labute approximate surface area is 170 Å². The number of likely N-dealkylation sites (N-methyl/N-ethyl adjacent to an activating group) is 1. The minimum atomic E-state index is -0.500. The molecule has 0 unspecified atom stereocenters. The number of amides is 1. The van der Waals surface area contributed by atoms with Crippen LogP contribution in [0.3, 0.4) is 0 Å². The molecular weight excluding hydrogens is 366 g/mol. The molecule has 1 aliphatic carbocycles. The molecular formula is C24H25NO4. The number of ether oxygens (including phenoxy) is 1. The number of nitrogens with zero attached hydrogens (tertiary/aromatic N) is 1. The Morgan fingerprint density at radius 3 is 2.55 bits per heavy atom. The van der Waals surface area contributed by atoms with Crippen LogP contribution in [0.1, 0.15) is 54.9 Å². The molecule has 150 valence electrons. The predicted molar refractivity (Wildman–Crippen MR) is 112 cm³/mol. The molecule has 0 spiro atoms. The fraction of sp³-hybridized carbons (Fsp3) is 0.333. The summed E-state index contributed by atoms with van der Waals surface area (Å²) in [5.41, 5.74) is 2.36. The van der Waals surface area contributed by atoms with Crippen molar-refractivity contribution >= 4 is 22.7 Å². The molecule has 2 aromatic carbocycles. The number of furan rings is 1. The van der Waals surface area contributed by atoms with Crippen molar-refractivity contribution in [3.05, 3.63) is 64.9 Å². The third-order valence-electron chi connectivity index (χ3n) is 5.78. The Hall–Kier alpha value is -3.08. The second-order valence-electron chi connectivity index (χ2n) is 7.82. The van der Waals surface area contributed by atoms with Gasteiger partial charge in [-0.1, -0.05) is 18.2 Å². The van der Waals surface area contributed by atoms with Crippen LogP contribution in [0.5, 0.6) is 5.75 Å². The van der Waals surface area contributed by atoms with Gasteiger partial charge in [-0.25, -0.2) is 0 Å². The van der Waals surface area contributed by atoms with Crippen molar-refractivity contribution in [2.45, 2.75) is 33.1 Å². The van der Waals surface area contributed by atoms with Gasteiger partial charge in [0.2, 0.25) is 0 Å². The third kappa shape index (κ3) is 3.01. The summed E-state index contributed by atoms with van der Waals surface area (Å²) >= 11 is 0. The molecule has 0 fully saturated rings. The van der Waals surface area contributed by atoms with Crippen LogP contribution in [-0.2, 0) is 10.2 Å². The summed E-state index contributed by atoms with van der Waals surface area (Å²) in [7, 11) is 0. The van der Waals surface area contributed by atoms with Crippen molar-refractivity contribution < 1.29 is 18.7 Å². The predicted octanol–water partition coefficient (Wildman–Crippen LogP) is 4.55. The van der Waals surface area contributed by atoms with Crippen LogP contribution >= 0.6 is 0 Å². The van der Waals surface area contributed by atoms with Crippen molar-refractivity contribution in [1.29, 1.82) is 0 Å². The number of carbonyl (C=O) groups is 2. The highest BCUT2D eigenvalue weighted by Gasteiger charge is 2.41. The van der Waals surface area contributed by atoms with Crippen LogP contribution in [0.25, 0.3) is 11.0 Å². The highest BCUT2D eigenvalue weighted by Crippen LogP contribution is 2.46. The van der Waals surface area contributed by atoms with Gasteiger partial charge < -0.3 is 14.1 Å². The maximum atomic E-state index is 13.3. The normalized spacial score (nSPS) is 14.4. The van der Waals surface area contributed by atoms with Crippen molar-refractivity contribution in [3.8, 4) is 5.75 Å². The number of ketones is 1. The second kappa shape index (κ2) is 7.07. The number of benzene rings is 2. The molecule has 5 heteroatoms. The van der Waals surface area contributed by atoms with E-state index in [1.807, 2.05) is 58.0 Å². The minimum Gasteiger partial charge on any atom is -0.484 e. The second-order valence-corrected chi connectivity index (χ2v) is 7.82. The Bertz CT molecular complexity index is 1110. The first-order valence-corrected chi connectivity index (χ1v) is 10.00. The van der Waals surface area contributed by atoms with E-state index in [9.17, 15) is 9.59 Å². The summed E-state index contributed by atoms with van der Waals surface area (Å²) in [4.78, 5) is 27.2. The van der Waals surface area contributed by atoms with Gasteiger partial charge in [-0.3, -0.25) is 9.59 Å². The monoisotopic (exact) mass is 391 g/mol. The molecule has 1 heterocycles. The molecule has 1 aromatic heterocycles. The van der Waals surface area contributed by atoms with Crippen molar-refractivity contribution in [2.24, 2.45) is 0 Å². The lowest BCUT2D eigenvalue weighted by Gasteiger charge is -2.31. The molecule has 0 radical (unpaired) electrons. The van der Waals surface area contributed by atoms with Crippen molar-refractivity contribution in [2.75, 3.05) is 19.7 Å². The molecule has 29 heavy (non-hydrogen) atoms. The zero-order valence-corrected chi connectivity index (χ0v) is 17.2. The summed E-state index contributed by atoms with van der Waals surface area (Å²) in [6, 6.07) is 13.0. The minimum absolute atomic E-state index is 0.0231. The molecule has 5 nitrogen and oxygen atoms in total. The van der Waals surface area contributed by atoms with Crippen LogP contribution in [0.4, 0.5) is 0 Å². The average Bonchev–Trinajstić information content (AvgIpc) is 3.12. The molecule has 0 N–H and O–H groups in total. The van der Waals surface area contributed by atoms with Crippen molar-refractivity contribution in [1.82, 2.24) is 4.90 Å². The molecule has 3 aromatic rings. The van der Waals surface area contributed by atoms with Gasteiger partial charge in [0.25, 0.3) is 5.91 Å². The number of carbonyl (C=O) groups excluding carboxylic acids is 2. The Balaban J connectivity index is 1.70. The molecule has 0 saturated carbocycles. The van der Waals surface area contributed by atoms with Gasteiger partial charge in [-0.05, 0) is 57.5 Å². The Morgan fingerprint density at radius 2 is 1.83 bits per heavy atom. The lowest BCUT2D eigenvalue weighted by Crippen LogP contribution is -2.34. The molecule has 0 bridgehead atoms. The molecule has 0 aliphatic heterocycles. The fourth-order valence-electron chi connectivity index (χ4n) is 4.11. The molecule has 0 atom stereocenters. The number of rotatable bonds is 5. The zero-order chi connectivity index (χ0) is 20.8. The number of fused-ring (bicyclic) bond motifs is 4. The van der Waals surface area contributed by atoms with Crippen LogP contribution in [0.2, 0.25) is 0 Å². The maximum Gasteiger partial charge on any atom is 0.260 e. The quantitative estimate of drug-likeness (QED) is 0.640. The Kier molecular flexibility index (Phi) is 4.69. The number of hydrogen-bond acceptors (Lipinski definition) is 4. The SMILES string of the molecule is CCN(CC)C(=O)COc1ccc2c(c1)C(C)(C)c1oc3ccccc3c1C2=O. The van der Waals surface area contributed by atoms with Crippen LogP contribution in [0, 0.1) is 0 Å². The van der Waals surface area contributed by atoms with E-state index >= 15 is 0 Å². The first-order valence-electron chi connectivity index (χ1n) is 10.00. The van der Waals surface area contributed by atoms with Crippen LogP contribution in [-0.4, -0.2) is 36.3 Å². The van der Waals surface area contributed by atoms with Gasteiger partial charge in [0.1, 0.15) is 17.1 Å². The largest absolute Gasteiger partial charge is 0.484 e. The summed E-state index contributed by atoms with van der Waals surface area (Å²) in [5.74, 6) is 1.16. The summed E-state index contributed by atoms with van der Waals surface area (Å²) in [6.45, 7) is 9.26. The Morgan fingerprint density at radius 1 is 1.10 bits per heavy atom. The van der Waals surface area contributed by atoms with E-state index in [2.05, 4.69) is 0 Å². The van der Waals surface area contributed by atoms with Crippen molar-refractivity contribution in [3.63, 3.8) is 0 Å². The highest BCUT2D eigenvalue weighted by atomic mass is 16.5. The smallest absolute Gasteiger partial charge is 0.260 e. The van der Waals surface area contributed by atoms with Gasteiger partial charge in [0, 0.05) is 29.5 Å². The van der Waals surface area contributed by atoms with E-state index in [0.717, 1.165) is 10.9 Å². The summed E-state index contributed by atoms with van der Waals surface area (Å²) in [5, 5.41) is 0.844. The zero-order valence-electron chi connectivity index (χ0n) is 17.2. The van der Waals surface area contributed by atoms with E-state index in [1.54, 1.807) is 17.0 Å². The first kappa shape index (κ1) is 19.2. The van der Waals surface area contributed by atoms with Gasteiger partial charge in [0.05, 0.1) is 5.56 Å². The van der Waals surface area contributed by atoms with Gasteiger partial charge >= 0.3 is 0 Å². The first-order chi connectivity index (χ1) is 13.9. The molecule has 1 aliphatic rings.